The molecule has 1 aliphatic heterocycles. The Labute approximate surface area is 148 Å². The van der Waals surface area contributed by atoms with E-state index in [-0.39, 0.29) is 17.7 Å². The Hall–Kier alpha value is -1.85. The lowest BCUT2D eigenvalue weighted by atomic mass is 9.91. The smallest absolute Gasteiger partial charge is 0.271 e. The van der Waals surface area contributed by atoms with Gasteiger partial charge in [-0.15, -0.1) is 0 Å². The van der Waals surface area contributed by atoms with Crippen molar-refractivity contribution >= 4 is 11.8 Å². The van der Waals surface area contributed by atoms with Crippen molar-refractivity contribution in [2.75, 3.05) is 0 Å². The molecule has 1 aromatic heterocycles. The molecule has 6 heteroatoms. The third kappa shape index (κ3) is 3.58. The van der Waals surface area contributed by atoms with E-state index < -0.39 is 0 Å². The monoisotopic (exact) mass is 344 g/mol. The van der Waals surface area contributed by atoms with E-state index in [0.717, 1.165) is 44.2 Å². The number of aromatic nitrogens is 2. The normalized spacial score (nSPS) is 24.2. The average molecular weight is 344 g/mol. The van der Waals surface area contributed by atoms with Crippen molar-refractivity contribution < 1.29 is 9.59 Å². The molecule has 1 aromatic rings. The van der Waals surface area contributed by atoms with Crippen LogP contribution in [0, 0.1) is 5.92 Å². The van der Waals surface area contributed by atoms with Crippen LogP contribution in [-0.4, -0.2) is 33.4 Å². The molecule has 0 saturated heterocycles. The Bertz CT molecular complexity index is 644. The number of nitrogens with one attached hydrogen (secondary N) is 2. The molecule has 0 spiro atoms. The second-order valence-corrected chi connectivity index (χ2v) is 7.87. The zero-order valence-corrected chi connectivity index (χ0v) is 14.8. The number of hydrogen-bond donors (Lipinski definition) is 2. The molecule has 2 heterocycles. The van der Waals surface area contributed by atoms with E-state index in [1.165, 1.54) is 25.7 Å². The number of fused-ring (bicyclic) bond motifs is 1. The highest BCUT2D eigenvalue weighted by Crippen LogP contribution is 2.25. The first-order valence-electron chi connectivity index (χ1n) is 9.86. The fourth-order valence-corrected chi connectivity index (χ4v) is 4.24. The average Bonchev–Trinajstić information content (AvgIpc) is 3.02. The van der Waals surface area contributed by atoms with Gasteiger partial charge < -0.3 is 15.2 Å². The van der Waals surface area contributed by atoms with Crippen LogP contribution in [-0.2, 0) is 17.8 Å². The van der Waals surface area contributed by atoms with E-state index in [2.05, 4.69) is 15.6 Å². The maximum Gasteiger partial charge on any atom is 0.271 e. The second kappa shape index (κ2) is 7.18. The third-order valence-electron chi connectivity index (χ3n) is 6.07. The predicted octanol–water partition coefficient (Wildman–Crippen LogP) is 2.18. The molecule has 0 bridgehead atoms. The fourth-order valence-electron chi connectivity index (χ4n) is 4.24. The van der Waals surface area contributed by atoms with Crippen LogP contribution in [0.15, 0.2) is 6.33 Å². The molecule has 2 amide bonds. The summed E-state index contributed by atoms with van der Waals surface area (Å²) in [7, 11) is 0. The van der Waals surface area contributed by atoms with Crippen molar-refractivity contribution in [3.05, 3.63) is 17.7 Å². The van der Waals surface area contributed by atoms with Crippen LogP contribution in [0.5, 0.6) is 0 Å². The lowest BCUT2D eigenvalue weighted by Crippen LogP contribution is -2.44. The van der Waals surface area contributed by atoms with Crippen molar-refractivity contribution in [3.63, 3.8) is 0 Å². The van der Waals surface area contributed by atoms with Gasteiger partial charge in [0.2, 0.25) is 5.91 Å². The number of rotatable bonds is 4. The summed E-state index contributed by atoms with van der Waals surface area (Å²) in [5.41, 5.74) is 1.55. The number of amides is 2. The van der Waals surface area contributed by atoms with Crippen LogP contribution in [0.4, 0.5) is 0 Å². The molecule has 2 N–H and O–H groups in total. The Balaban J connectivity index is 1.37. The van der Waals surface area contributed by atoms with Crippen LogP contribution in [0.2, 0.25) is 0 Å². The van der Waals surface area contributed by atoms with E-state index in [4.69, 9.17) is 0 Å². The first kappa shape index (κ1) is 16.6. The minimum absolute atomic E-state index is 0.00319. The molecular weight excluding hydrogens is 316 g/mol. The maximum absolute atomic E-state index is 12.6. The molecule has 1 atom stereocenters. The van der Waals surface area contributed by atoms with E-state index >= 15 is 0 Å². The van der Waals surface area contributed by atoms with Crippen LogP contribution in [0.1, 0.15) is 74.0 Å². The molecule has 2 fully saturated rings. The molecular formula is C19H28N4O2. The Morgan fingerprint density at radius 3 is 2.40 bits per heavy atom. The molecule has 0 radical (unpaired) electrons. The number of carbonyl (C=O) groups excluding carboxylic acids is 2. The van der Waals surface area contributed by atoms with Crippen molar-refractivity contribution in [2.24, 2.45) is 5.92 Å². The summed E-state index contributed by atoms with van der Waals surface area (Å²) in [5.74, 6) is 0.117. The first-order chi connectivity index (χ1) is 12.2. The van der Waals surface area contributed by atoms with Gasteiger partial charge in [-0.1, -0.05) is 19.3 Å². The number of nitrogens with zero attached hydrogens (tertiary/aromatic N) is 2. The number of hydrogen-bond acceptors (Lipinski definition) is 3. The van der Waals surface area contributed by atoms with Crippen molar-refractivity contribution in [1.29, 1.82) is 0 Å². The summed E-state index contributed by atoms with van der Waals surface area (Å²) in [5, 5.41) is 6.30. The van der Waals surface area contributed by atoms with E-state index in [1.54, 1.807) is 6.33 Å². The fraction of sp³-hybridized carbons (Fsp3) is 0.737. The molecule has 2 saturated carbocycles. The highest BCUT2D eigenvalue weighted by atomic mass is 16.2. The summed E-state index contributed by atoms with van der Waals surface area (Å²) in [6.07, 6.45) is 12.5. The number of imidazole rings is 1. The lowest BCUT2D eigenvalue weighted by molar-refractivity contribution is -0.127. The summed E-state index contributed by atoms with van der Waals surface area (Å²) in [4.78, 5) is 29.3. The zero-order valence-electron chi connectivity index (χ0n) is 14.8. The van der Waals surface area contributed by atoms with Gasteiger partial charge in [0.05, 0.1) is 17.9 Å². The zero-order chi connectivity index (χ0) is 17.2. The van der Waals surface area contributed by atoms with Gasteiger partial charge in [-0.2, -0.15) is 0 Å². The van der Waals surface area contributed by atoms with Gasteiger partial charge in [0.25, 0.3) is 5.91 Å². The third-order valence-corrected chi connectivity index (χ3v) is 6.07. The van der Waals surface area contributed by atoms with Crippen molar-refractivity contribution in [1.82, 2.24) is 20.2 Å². The van der Waals surface area contributed by atoms with Gasteiger partial charge in [-0.05, 0) is 44.9 Å². The standard InChI is InChI=1S/C19H28N4O2/c24-18(21-15-7-4-8-15)13-9-10-16-17(20-12-23(16)11-13)19(25)22-14-5-2-1-3-6-14/h12-15H,1-11H2,(H,21,24)(H,22,25). The molecule has 3 aliphatic rings. The summed E-state index contributed by atoms with van der Waals surface area (Å²) in [6.45, 7) is 0.637. The predicted molar refractivity (Wildman–Crippen MR) is 94.2 cm³/mol. The summed E-state index contributed by atoms with van der Waals surface area (Å²) >= 11 is 0. The quantitative estimate of drug-likeness (QED) is 0.879. The van der Waals surface area contributed by atoms with E-state index in [1.807, 2.05) is 4.57 Å². The molecule has 4 rings (SSSR count). The molecule has 0 aromatic carbocycles. The van der Waals surface area contributed by atoms with Gasteiger partial charge >= 0.3 is 0 Å². The van der Waals surface area contributed by atoms with Crippen LogP contribution >= 0.6 is 0 Å². The van der Waals surface area contributed by atoms with Gasteiger partial charge in [0.15, 0.2) is 0 Å². The SMILES string of the molecule is O=C(NC1CCCCC1)c1ncn2c1CCC(C(=O)NC1CCC1)C2. The maximum atomic E-state index is 12.6. The largest absolute Gasteiger partial charge is 0.353 e. The van der Waals surface area contributed by atoms with Gasteiger partial charge in [-0.25, -0.2) is 4.98 Å². The van der Waals surface area contributed by atoms with Gasteiger partial charge in [0.1, 0.15) is 5.69 Å². The Morgan fingerprint density at radius 2 is 1.68 bits per heavy atom. The highest BCUT2D eigenvalue weighted by molar-refractivity contribution is 5.93. The highest BCUT2D eigenvalue weighted by Gasteiger charge is 2.31. The van der Waals surface area contributed by atoms with E-state index in [0.29, 0.717) is 24.3 Å². The Morgan fingerprint density at radius 1 is 0.960 bits per heavy atom. The molecule has 136 valence electrons. The summed E-state index contributed by atoms with van der Waals surface area (Å²) < 4.78 is 2.00. The minimum Gasteiger partial charge on any atom is -0.353 e. The Kier molecular flexibility index (Phi) is 4.77. The van der Waals surface area contributed by atoms with Crippen molar-refractivity contribution in [2.45, 2.75) is 82.8 Å². The summed E-state index contributed by atoms with van der Waals surface area (Å²) in [6, 6.07) is 0.678. The van der Waals surface area contributed by atoms with Crippen LogP contribution in [0.3, 0.4) is 0 Å². The second-order valence-electron chi connectivity index (χ2n) is 7.87. The number of carbonyl (C=O) groups is 2. The van der Waals surface area contributed by atoms with E-state index in [9.17, 15) is 9.59 Å². The van der Waals surface area contributed by atoms with Crippen LogP contribution < -0.4 is 10.6 Å². The molecule has 25 heavy (non-hydrogen) atoms. The lowest BCUT2D eigenvalue weighted by Gasteiger charge is -2.30. The first-order valence-corrected chi connectivity index (χ1v) is 9.86. The molecule has 6 nitrogen and oxygen atoms in total. The molecule has 2 aliphatic carbocycles. The molecule has 1 unspecified atom stereocenters. The topological polar surface area (TPSA) is 76.0 Å². The minimum atomic E-state index is -0.0435. The van der Waals surface area contributed by atoms with Gasteiger partial charge in [0, 0.05) is 18.6 Å². The van der Waals surface area contributed by atoms with Gasteiger partial charge in [-0.3, -0.25) is 9.59 Å². The van der Waals surface area contributed by atoms with Crippen LogP contribution in [0.25, 0.3) is 0 Å². The van der Waals surface area contributed by atoms with Crippen molar-refractivity contribution in [3.8, 4) is 0 Å².